The number of nitrogens with one attached hydrogen (secondary N) is 2. The molecule has 0 bridgehead atoms. The Labute approximate surface area is 182 Å². The van der Waals surface area contributed by atoms with Crippen LogP contribution in [0.1, 0.15) is 22.8 Å². The number of thioether (sulfide) groups is 1. The summed E-state index contributed by atoms with van der Waals surface area (Å²) >= 11 is 3.39. The SMILES string of the molecule is CC(=O)Nc1ccc(NC(=O)c2ccc(CSc3nc4ccccc4s3)cc2)cc1. The minimum Gasteiger partial charge on any atom is -0.326 e. The van der Waals surface area contributed by atoms with Crippen LogP contribution >= 0.6 is 23.1 Å². The summed E-state index contributed by atoms with van der Waals surface area (Å²) in [5.41, 5.74) is 4.12. The highest BCUT2D eigenvalue weighted by atomic mass is 32.2. The van der Waals surface area contributed by atoms with Gasteiger partial charge in [-0.25, -0.2) is 4.98 Å². The number of hydrogen-bond donors (Lipinski definition) is 2. The van der Waals surface area contributed by atoms with Gasteiger partial charge in [0.2, 0.25) is 5.91 Å². The highest BCUT2D eigenvalue weighted by molar-refractivity contribution is 8.00. The van der Waals surface area contributed by atoms with Crippen molar-refractivity contribution in [2.45, 2.75) is 17.0 Å². The average Bonchev–Trinajstić information content (AvgIpc) is 3.17. The van der Waals surface area contributed by atoms with Gasteiger partial charge in [0.15, 0.2) is 4.34 Å². The van der Waals surface area contributed by atoms with Crippen molar-refractivity contribution >= 4 is 56.5 Å². The van der Waals surface area contributed by atoms with Crippen LogP contribution in [0, 0.1) is 0 Å². The number of benzene rings is 3. The molecule has 0 radical (unpaired) electrons. The second-order valence-electron chi connectivity index (χ2n) is 6.65. The van der Waals surface area contributed by atoms with E-state index in [1.807, 2.05) is 42.5 Å². The molecule has 30 heavy (non-hydrogen) atoms. The van der Waals surface area contributed by atoms with Gasteiger partial charge in [-0.05, 0) is 54.1 Å². The summed E-state index contributed by atoms with van der Waals surface area (Å²) in [5.74, 6) is 0.493. The minimum atomic E-state index is -0.173. The number of hydrogen-bond acceptors (Lipinski definition) is 5. The van der Waals surface area contributed by atoms with Crippen molar-refractivity contribution in [3.63, 3.8) is 0 Å². The molecular formula is C23H19N3O2S2. The van der Waals surface area contributed by atoms with Crippen molar-refractivity contribution < 1.29 is 9.59 Å². The van der Waals surface area contributed by atoms with E-state index in [1.165, 1.54) is 11.6 Å². The first kappa shape index (κ1) is 20.1. The lowest BCUT2D eigenvalue weighted by Gasteiger charge is -2.08. The van der Waals surface area contributed by atoms with E-state index in [9.17, 15) is 9.59 Å². The van der Waals surface area contributed by atoms with Crippen LogP contribution in [0.5, 0.6) is 0 Å². The molecule has 1 aromatic heterocycles. The van der Waals surface area contributed by atoms with E-state index in [1.54, 1.807) is 47.4 Å². The minimum absolute atomic E-state index is 0.131. The van der Waals surface area contributed by atoms with Crippen LogP contribution in [0.25, 0.3) is 10.2 Å². The van der Waals surface area contributed by atoms with Gasteiger partial charge in [0, 0.05) is 29.6 Å². The predicted octanol–water partition coefficient (Wildman–Crippen LogP) is 5.80. The second-order valence-corrected chi connectivity index (χ2v) is 8.90. The molecule has 0 unspecified atom stereocenters. The van der Waals surface area contributed by atoms with E-state index in [0.717, 1.165) is 21.2 Å². The number of nitrogens with zero attached hydrogens (tertiary/aromatic N) is 1. The Hall–Kier alpha value is -3.16. The second kappa shape index (κ2) is 9.11. The zero-order valence-corrected chi connectivity index (χ0v) is 17.8. The Morgan fingerprint density at radius 2 is 1.57 bits per heavy atom. The van der Waals surface area contributed by atoms with Crippen LogP contribution in [0.15, 0.2) is 77.1 Å². The van der Waals surface area contributed by atoms with Gasteiger partial charge in [-0.3, -0.25) is 9.59 Å². The number of anilines is 2. The van der Waals surface area contributed by atoms with E-state index in [4.69, 9.17) is 0 Å². The molecule has 0 atom stereocenters. The maximum atomic E-state index is 12.5. The predicted molar refractivity (Wildman–Crippen MR) is 124 cm³/mol. The van der Waals surface area contributed by atoms with Gasteiger partial charge in [0.25, 0.3) is 5.91 Å². The summed E-state index contributed by atoms with van der Waals surface area (Å²) in [6, 6.07) is 22.7. The van der Waals surface area contributed by atoms with Gasteiger partial charge in [0.05, 0.1) is 10.2 Å². The number of amides is 2. The largest absolute Gasteiger partial charge is 0.326 e. The molecule has 1 heterocycles. The molecule has 5 nitrogen and oxygen atoms in total. The maximum Gasteiger partial charge on any atom is 0.255 e. The monoisotopic (exact) mass is 433 g/mol. The van der Waals surface area contributed by atoms with Crippen LogP contribution < -0.4 is 10.6 Å². The van der Waals surface area contributed by atoms with Crippen LogP contribution in [0.2, 0.25) is 0 Å². The van der Waals surface area contributed by atoms with E-state index < -0.39 is 0 Å². The van der Waals surface area contributed by atoms with Gasteiger partial charge >= 0.3 is 0 Å². The summed E-state index contributed by atoms with van der Waals surface area (Å²) in [6.45, 7) is 1.46. The fourth-order valence-corrected chi connectivity index (χ4v) is 4.88. The highest BCUT2D eigenvalue weighted by Crippen LogP contribution is 2.31. The number of carbonyl (C=O) groups is 2. The van der Waals surface area contributed by atoms with Gasteiger partial charge < -0.3 is 10.6 Å². The number of aromatic nitrogens is 1. The zero-order chi connectivity index (χ0) is 20.9. The first-order valence-corrected chi connectivity index (χ1v) is 11.1. The number of rotatable bonds is 6. The summed E-state index contributed by atoms with van der Waals surface area (Å²) in [6.07, 6.45) is 0. The number of para-hydroxylation sites is 1. The van der Waals surface area contributed by atoms with Gasteiger partial charge in [-0.15, -0.1) is 11.3 Å². The molecule has 3 aromatic carbocycles. The average molecular weight is 434 g/mol. The summed E-state index contributed by atoms with van der Waals surface area (Å²) in [4.78, 5) is 28.2. The quantitative estimate of drug-likeness (QED) is 0.377. The fourth-order valence-electron chi connectivity index (χ4n) is 2.85. The normalized spacial score (nSPS) is 10.7. The Balaban J connectivity index is 1.34. The van der Waals surface area contributed by atoms with Gasteiger partial charge in [-0.2, -0.15) is 0 Å². The van der Waals surface area contributed by atoms with Crippen molar-refractivity contribution in [3.8, 4) is 0 Å². The molecule has 0 aliphatic rings. The van der Waals surface area contributed by atoms with E-state index in [0.29, 0.717) is 16.9 Å². The Kier molecular flexibility index (Phi) is 6.11. The molecule has 0 aliphatic heterocycles. The number of thiazole rings is 1. The lowest BCUT2D eigenvalue weighted by atomic mass is 10.1. The van der Waals surface area contributed by atoms with E-state index in [-0.39, 0.29) is 11.8 Å². The molecule has 0 aliphatic carbocycles. The fraction of sp³-hybridized carbons (Fsp3) is 0.0870. The molecule has 0 saturated carbocycles. The molecule has 4 rings (SSSR count). The lowest BCUT2D eigenvalue weighted by molar-refractivity contribution is -0.114. The maximum absolute atomic E-state index is 12.5. The molecule has 0 spiro atoms. The zero-order valence-electron chi connectivity index (χ0n) is 16.2. The van der Waals surface area contributed by atoms with Crippen LogP contribution in [-0.4, -0.2) is 16.8 Å². The standard InChI is InChI=1S/C23H19N3O2S2/c1-15(27)24-18-10-12-19(13-11-18)25-22(28)17-8-6-16(7-9-17)14-29-23-26-20-4-2-3-5-21(20)30-23/h2-13H,14H2,1H3,(H,24,27)(H,25,28). The number of fused-ring (bicyclic) bond motifs is 1. The first-order chi connectivity index (χ1) is 14.6. The first-order valence-electron chi connectivity index (χ1n) is 9.33. The smallest absolute Gasteiger partial charge is 0.255 e. The third kappa shape index (κ3) is 5.06. The molecular weight excluding hydrogens is 414 g/mol. The van der Waals surface area contributed by atoms with Crippen molar-refractivity contribution in [3.05, 3.63) is 83.9 Å². The summed E-state index contributed by atoms with van der Waals surface area (Å²) in [5, 5.41) is 5.56. The lowest BCUT2D eigenvalue weighted by Crippen LogP contribution is -2.12. The highest BCUT2D eigenvalue weighted by Gasteiger charge is 2.08. The van der Waals surface area contributed by atoms with Crippen molar-refractivity contribution in [2.75, 3.05) is 10.6 Å². The topological polar surface area (TPSA) is 71.1 Å². The van der Waals surface area contributed by atoms with Crippen LogP contribution in [-0.2, 0) is 10.5 Å². The third-order valence-corrected chi connectivity index (χ3v) is 6.57. The van der Waals surface area contributed by atoms with Crippen LogP contribution in [0.3, 0.4) is 0 Å². The molecule has 2 amide bonds. The Bertz CT molecular complexity index is 1150. The Morgan fingerprint density at radius 3 is 2.23 bits per heavy atom. The molecule has 2 N–H and O–H groups in total. The van der Waals surface area contributed by atoms with Crippen LogP contribution in [0.4, 0.5) is 11.4 Å². The van der Waals surface area contributed by atoms with Crippen molar-refractivity contribution in [1.82, 2.24) is 4.98 Å². The molecule has 7 heteroatoms. The number of carbonyl (C=O) groups excluding carboxylic acids is 2. The van der Waals surface area contributed by atoms with Crippen molar-refractivity contribution in [1.29, 1.82) is 0 Å². The molecule has 0 saturated heterocycles. The third-order valence-electron chi connectivity index (χ3n) is 4.32. The van der Waals surface area contributed by atoms with E-state index in [2.05, 4.69) is 21.7 Å². The Morgan fingerprint density at radius 1 is 0.900 bits per heavy atom. The van der Waals surface area contributed by atoms with Crippen molar-refractivity contribution in [2.24, 2.45) is 0 Å². The van der Waals surface area contributed by atoms with Gasteiger partial charge in [0.1, 0.15) is 0 Å². The molecule has 4 aromatic rings. The molecule has 0 fully saturated rings. The summed E-state index contributed by atoms with van der Waals surface area (Å²) in [7, 11) is 0. The van der Waals surface area contributed by atoms with Gasteiger partial charge in [-0.1, -0.05) is 36.0 Å². The summed E-state index contributed by atoms with van der Waals surface area (Å²) < 4.78 is 2.23. The van der Waals surface area contributed by atoms with E-state index >= 15 is 0 Å². The molecule has 150 valence electrons.